The van der Waals surface area contributed by atoms with Gasteiger partial charge in [-0.1, -0.05) is 12.1 Å². The Morgan fingerprint density at radius 1 is 1.30 bits per heavy atom. The molecule has 0 bridgehead atoms. The van der Waals surface area contributed by atoms with Crippen molar-refractivity contribution in [1.82, 2.24) is 24.8 Å². The molecule has 0 saturated heterocycles. The van der Waals surface area contributed by atoms with Gasteiger partial charge in [-0.3, -0.25) is 5.10 Å². The normalized spacial score (nSPS) is 12.0. The van der Waals surface area contributed by atoms with Crippen LogP contribution in [0.1, 0.15) is 22.3 Å². The minimum absolute atomic E-state index is 0.336. The lowest BCUT2D eigenvalue weighted by molar-refractivity contribution is 0.627. The van der Waals surface area contributed by atoms with Gasteiger partial charge in [0.25, 0.3) is 0 Å². The third-order valence-electron chi connectivity index (χ3n) is 3.94. The third-order valence-corrected chi connectivity index (χ3v) is 4.76. The van der Waals surface area contributed by atoms with Gasteiger partial charge in [0.15, 0.2) is 17.5 Å². The number of nitriles is 1. The summed E-state index contributed by atoms with van der Waals surface area (Å²) in [7, 11) is 0. The molecule has 0 aliphatic carbocycles. The van der Waals surface area contributed by atoms with Crippen LogP contribution in [0, 0.1) is 23.4 Å². The van der Waals surface area contributed by atoms with Gasteiger partial charge in [-0.2, -0.15) is 15.5 Å². The highest BCUT2D eigenvalue weighted by Gasteiger charge is 2.21. The molecule has 134 valence electrons. The molecule has 0 aliphatic rings. The zero-order chi connectivity index (χ0) is 18.8. The molecule has 0 aliphatic heterocycles. The van der Waals surface area contributed by atoms with E-state index in [-0.39, 0.29) is 5.82 Å². The number of fused-ring (bicyclic) bond motifs is 1. The van der Waals surface area contributed by atoms with E-state index in [0.29, 0.717) is 17.5 Å². The van der Waals surface area contributed by atoms with Gasteiger partial charge in [-0.05, 0) is 48.5 Å². The molecular formula is C18H14FN7S. The van der Waals surface area contributed by atoms with Gasteiger partial charge < -0.3 is 5.32 Å². The number of hydrogen-bond acceptors (Lipinski definition) is 6. The van der Waals surface area contributed by atoms with E-state index in [2.05, 4.69) is 31.0 Å². The number of aromatic nitrogens is 5. The Kier molecular flexibility index (Phi) is 4.48. The van der Waals surface area contributed by atoms with E-state index in [9.17, 15) is 9.65 Å². The molecular weight excluding hydrogens is 365 g/mol. The van der Waals surface area contributed by atoms with Crippen LogP contribution >= 0.6 is 11.8 Å². The fourth-order valence-electron chi connectivity index (χ4n) is 2.72. The number of aromatic amines is 1. The van der Waals surface area contributed by atoms with Crippen molar-refractivity contribution < 1.29 is 4.39 Å². The van der Waals surface area contributed by atoms with Crippen LogP contribution in [0.5, 0.6) is 0 Å². The minimum atomic E-state index is -0.455. The number of benzene rings is 1. The number of rotatable bonds is 5. The quantitative estimate of drug-likeness (QED) is 0.510. The van der Waals surface area contributed by atoms with Gasteiger partial charge in [0.05, 0.1) is 0 Å². The molecule has 3 aromatic heterocycles. The lowest BCUT2D eigenvalue weighted by Crippen LogP contribution is -2.09. The van der Waals surface area contributed by atoms with Crippen molar-refractivity contribution >= 4 is 28.9 Å². The molecule has 1 unspecified atom stereocenters. The second kappa shape index (κ2) is 7.09. The minimum Gasteiger partial charge on any atom is -0.322 e. The van der Waals surface area contributed by atoms with Crippen LogP contribution < -0.4 is 5.32 Å². The summed E-state index contributed by atoms with van der Waals surface area (Å²) < 4.78 is 15.0. The summed E-state index contributed by atoms with van der Waals surface area (Å²) >= 11 is 1.01. The maximum Gasteiger partial charge on any atom is 0.170 e. The smallest absolute Gasteiger partial charge is 0.170 e. The van der Waals surface area contributed by atoms with Crippen LogP contribution in [0.3, 0.4) is 0 Å². The number of nitrogens with one attached hydrogen (secondary N) is 2. The van der Waals surface area contributed by atoms with E-state index in [0.717, 1.165) is 28.5 Å². The number of hydrogen-bond donors (Lipinski definition) is 2. The van der Waals surface area contributed by atoms with Crippen molar-refractivity contribution in [3.63, 3.8) is 0 Å². The first-order valence-electron chi connectivity index (χ1n) is 8.08. The van der Waals surface area contributed by atoms with Gasteiger partial charge in [-0.25, -0.2) is 13.9 Å². The van der Waals surface area contributed by atoms with E-state index in [1.165, 1.54) is 12.1 Å². The highest BCUT2D eigenvalue weighted by atomic mass is 32.2. The zero-order valence-corrected chi connectivity index (χ0v) is 15.0. The summed E-state index contributed by atoms with van der Waals surface area (Å²) in [6.45, 7) is 1.91. The molecule has 27 heavy (non-hydrogen) atoms. The predicted octanol–water partition coefficient (Wildman–Crippen LogP) is 3.95. The first kappa shape index (κ1) is 17.1. The number of halogens is 1. The maximum atomic E-state index is 13.3. The Morgan fingerprint density at radius 2 is 2.11 bits per heavy atom. The first-order chi connectivity index (χ1) is 13.1. The lowest BCUT2D eigenvalue weighted by Gasteiger charge is -2.14. The third kappa shape index (κ3) is 3.47. The summed E-state index contributed by atoms with van der Waals surface area (Å²) in [6.07, 6.45) is 1.81. The number of anilines is 2. The fraction of sp³-hybridized carbons (Fsp3) is 0.111. The van der Waals surface area contributed by atoms with Gasteiger partial charge in [0.2, 0.25) is 0 Å². The van der Waals surface area contributed by atoms with Crippen LogP contribution in [0.4, 0.5) is 16.0 Å². The van der Waals surface area contributed by atoms with Crippen molar-refractivity contribution in [3.05, 3.63) is 71.6 Å². The molecule has 1 aromatic carbocycles. The van der Waals surface area contributed by atoms with Crippen molar-refractivity contribution in [2.24, 2.45) is 0 Å². The molecule has 2 N–H and O–H groups in total. The van der Waals surface area contributed by atoms with Crippen molar-refractivity contribution in [2.75, 3.05) is 5.32 Å². The zero-order valence-electron chi connectivity index (χ0n) is 14.2. The standard InChI is InChI=1S/C18H14FN7S/c1-11-9-15(24-23-11)21-17-14-3-2-8-26(14)25-18(22-17)16(27-10-20)12-4-6-13(19)7-5-12/h2-9,16H,1H3,(H2,21,22,23,24,25). The van der Waals surface area contributed by atoms with Gasteiger partial charge >= 0.3 is 0 Å². The average Bonchev–Trinajstić information content (AvgIpc) is 3.29. The number of aryl methyl sites for hydroxylation is 1. The van der Waals surface area contributed by atoms with E-state index in [1.807, 2.05) is 25.1 Å². The summed E-state index contributed by atoms with van der Waals surface area (Å²) in [6, 6.07) is 11.6. The molecule has 0 spiro atoms. The maximum absolute atomic E-state index is 13.3. The van der Waals surface area contributed by atoms with Crippen LogP contribution in [0.15, 0.2) is 48.7 Å². The van der Waals surface area contributed by atoms with Crippen molar-refractivity contribution in [3.8, 4) is 5.40 Å². The molecule has 0 radical (unpaired) electrons. The lowest BCUT2D eigenvalue weighted by atomic mass is 10.1. The highest BCUT2D eigenvalue weighted by Crippen LogP contribution is 2.34. The predicted molar refractivity (Wildman–Crippen MR) is 101 cm³/mol. The average molecular weight is 379 g/mol. The molecule has 0 amide bonds. The molecule has 1 atom stereocenters. The van der Waals surface area contributed by atoms with Crippen LogP contribution in [0.2, 0.25) is 0 Å². The number of thioether (sulfide) groups is 1. The Balaban J connectivity index is 1.80. The molecule has 9 heteroatoms. The van der Waals surface area contributed by atoms with Crippen molar-refractivity contribution in [2.45, 2.75) is 12.2 Å². The first-order valence-corrected chi connectivity index (χ1v) is 8.96. The second-order valence-corrected chi connectivity index (χ2v) is 6.75. The Labute approximate surface area is 158 Å². The summed E-state index contributed by atoms with van der Waals surface area (Å²) in [5.41, 5.74) is 2.44. The second-order valence-electron chi connectivity index (χ2n) is 5.86. The van der Waals surface area contributed by atoms with Gasteiger partial charge in [0.1, 0.15) is 22.0 Å². The monoisotopic (exact) mass is 379 g/mol. The summed E-state index contributed by atoms with van der Waals surface area (Å²) in [5, 5.41) is 25.6. The number of thiocyanates is 1. The highest BCUT2D eigenvalue weighted by molar-refractivity contribution is 8.04. The number of nitrogens with zero attached hydrogens (tertiary/aromatic N) is 5. The molecule has 4 rings (SSSR count). The van der Waals surface area contributed by atoms with E-state index in [4.69, 9.17) is 0 Å². The SMILES string of the molecule is Cc1cc(Nc2nc(C(SC#N)c3ccc(F)cc3)nn3cccc23)n[nH]1. The topological polar surface area (TPSA) is 94.7 Å². The van der Waals surface area contributed by atoms with E-state index >= 15 is 0 Å². The van der Waals surface area contributed by atoms with E-state index in [1.54, 1.807) is 22.8 Å². The van der Waals surface area contributed by atoms with Crippen molar-refractivity contribution in [1.29, 1.82) is 5.26 Å². The van der Waals surface area contributed by atoms with Crippen LogP contribution in [-0.4, -0.2) is 24.8 Å². The van der Waals surface area contributed by atoms with Crippen LogP contribution in [0.25, 0.3) is 5.52 Å². The fourth-order valence-corrected chi connectivity index (χ4v) is 3.32. The van der Waals surface area contributed by atoms with Gasteiger partial charge in [-0.15, -0.1) is 0 Å². The Hall–Kier alpha value is -3.38. The largest absolute Gasteiger partial charge is 0.322 e. The van der Waals surface area contributed by atoms with Crippen LogP contribution in [-0.2, 0) is 0 Å². The molecule has 4 aromatic rings. The Bertz CT molecular complexity index is 1130. The van der Waals surface area contributed by atoms with E-state index < -0.39 is 5.25 Å². The molecule has 0 fully saturated rings. The van der Waals surface area contributed by atoms with Gasteiger partial charge in [0, 0.05) is 18.0 Å². The Morgan fingerprint density at radius 3 is 2.81 bits per heavy atom. The number of H-pyrrole nitrogens is 1. The molecule has 3 heterocycles. The summed E-state index contributed by atoms with van der Waals surface area (Å²) in [5.74, 6) is 1.30. The summed E-state index contributed by atoms with van der Waals surface area (Å²) in [4.78, 5) is 4.63. The molecule has 0 saturated carbocycles. The molecule has 7 nitrogen and oxygen atoms in total.